The molecule has 1 unspecified atom stereocenters. The minimum atomic E-state index is -0.229. The number of benzene rings is 3. The van der Waals surface area contributed by atoms with E-state index in [1.807, 2.05) is 54.3 Å². The quantitative estimate of drug-likeness (QED) is 0.628. The molecule has 2 amide bonds. The molecule has 1 fully saturated rings. The number of rotatable bonds is 4. The van der Waals surface area contributed by atoms with Gasteiger partial charge in [0.25, 0.3) is 0 Å². The molecule has 0 spiro atoms. The lowest BCUT2D eigenvalue weighted by Gasteiger charge is -2.32. The maximum Gasteiger partial charge on any atom is 0.229 e. The van der Waals surface area contributed by atoms with Gasteiger partial charge >= 0.3 is 0 Å². The van der Waals surface area contributed by atoms with Crippen molar-refractivity contribution in [1.82, 2.24) is 4.90 Å². The van der Waals surface area contributed by atoms with Gasteiger partial charge in [-0.2, -0.15) is 0 Å². The second kappa shape index (κ2) is 8.88. The zero-order chi connectivity index (χ0) is 21.1. The first-order valence-corrected chi connectivity index (χ1v) is 10.7. The molecular weight excluding hydrogens is 396 g/mol. The van der Waals surface area contributed by atoms with E-state index in [0.717, 1.165) is 34.7 Å². The first kappa shape index (κ1) is 20.4. The molecule has 154 valence electrons. The average Bonchev–Trinajstić information content (AvgIpc) is 2.76. The standard InChI is InChI=1S/C25H25ClN2O2/c1-17-11-12-23(22(26)14-17)27-25(30)20-9-5-13-28(16-20)24(29)15-19-8-4-7-18-6-2-3-10-21(18)19/h2-4,6-8,10-12,14,20H,5,9,13,15-16H2,1H3,(H,27,30). The monoisotopic (exact) mass is 420 g/mol. The van der Waals surface area contributed by atoms with Crippen LogP contribution in [0.15, 0.2) is 60.7 Å². The van der Waals surface area contributed by atoms with Gasteiger partial charge in [0.15, 0.2) is 0 Å². The number of fused-ring (bicyclic) bond motifs is 1. The van der Waals surface area contributed by atoms with Crippen molar-refractivity contribution in [3.63, 3.8) is 0 Å². The van der Waals surface area contributed by atoms with Crippen LogP contribution in [0, 0.1) is 12.8 Å². The molecular formula is C25H25ClN2O2. The molecule has 5 heteroatoms. The Balaban J connectivity index is 1.43. The van der Waals surface area contributed by atoms with Crippen molar-refractivity contribution in [1.29, 1.82) is 0 Å². The van der Waals surface area contributed by atoms with E-state index in [0.29, 0.717) is 30.2 Å². The van der Waals surface area contributed by atoms with Gasteiger partial charge in [0.1, 0.15) is 0 Å². The zero-order valence-corrected chi connectivity index (χ0v) is 17.8. The molecule has 1 aliphatic rings. The normalized spacial score (nSPS) is 16.5. The van der Waals surface area contributed by atoms with E-state index < -0.39 is 0 Å². The SMILES string of the molecule is Cc1ccc(NC(=O)C2CCCN(C(=O)Cc3cccc4ccccc34)C2)c(Cl)c1. The van der Waals surface area contributed by atoms with Gasteiger partial charge in [0, 0.05) is 13.1 Å². The Morgan fingerprint density at radius 3 is 2.73 bits per heavy atom. The number of amides is 2. The Kier molecular flexibility index (Phi) is 6.05. The summed E-state index contributed by atoms with van der Waals surface area (Å²) in [5.74, 6) is -0.242. The number of likely N-dealkylation sites (tertiary alicyclic amines) is 1. The Morgan fingerprint density at radius 2 is 1.90 bits per heavy atom. The van der Waals surface area contributed by atoms with Crippen LogP contribution in [0.3, 0.4) is 0 Å². The summed E-state index contributed by atoms with van der Waals surface area (Å²) in [6.07, 6.45) is 1.94. The summed E-state index contributed by atoms with van der Waals surface area (Å²) < 4.78 is 0. The Labute approximate surface area is 181 Å². The van der Waals surface area contributed by atoms with Crippen LogP contribution < -0.4 is 5.32 Å². The van der Waals surface area contributed by atoms with Crippen LogP contribution in [0.5, 0.6) is 0 Å². The third kappa shape index (κ3) is 4.49. The van der Waals surface area contributed by atoms with E-state index in [4.69, 9.17) is 11.6 Å². The summed E-state index contributed by atoms with van der Waals surface area (Å²) in [4.78, 5) is 27.6. The molecule has 30 heavy (non-hydrogen) atoms. The van der Waals surface area contributed by atoms with E-state index in [1.165, 1.54) is 0 Å². The zero-order valence-electron chi connectivity index (χ0n) is 17.0. The summed E-state index contributed by atoms with van der Waals surface area (Å²) in [5, 5.41) is 5.70. The number of hydrogen-bond acceptors (Lipinski definition) is 2. The molecule has 3 aromatic rings. The number of nitrogens with zero attached hydrogens (tertiary/aromatic N) is 1. The molecule has 0 saturated carbocycles. The van der Waals surface area contributed by atoms with Crippen molar-refractivity contribution in [3.05, 3.63) is 76.8 Å². The van der Waals surface area contributed by atoms with Crippen LogP contribution in [0.2, 0.25) is 5.02 Å². The predicted molar refractivity (Wildman–Crippen MR) is 122 cm³/mol. The molecule has 0 aromatic heterocycles. The Morgan fingerprint density at radius 1 is 1.10 bits per heavy atom. The fourth-order valence-electron chi connectivity index (χ4n) is 4.10. The molecule has 4 nitrogen and oxygen atoms in total. The Bertz CT molecular complexity index is 1090. The van der Waals surface area contributed by atoms with Gasteiger partial charge in [-0.15, -0.1) is 0 Å². The van der Waals surface area contributed by atoms with E-state index in [2.05, 4.69) is 23.5 Å². The summed E-state index contributed by atoms with van der Waals surface area (Å²) in [6, 6.07) is 19.7. The minimum Gasteiger partial charge on any atom is -0.342 e. The van der Waals surface area contributed by atoms with Crippen LogP contribution in [-0.4, -0.2) is 29.8 Å². The minimum absolute atomic E-state index is 0.0669. The highest BCUT2D eigenvalue weighted by Gasteiger charge is 2.29. The van der Waals surface area contributed by atoms with Crippen molar-refractivity contribution in [2.24, 2.45) is 5.92 Å². The van der Waals surface area contributed by atoms with Crippen LogP contribution in [0.25, 0.3) is 10.8 Å². The van der Waals surface area contributed by atoms with Gasteiger partial charge in [0.2, 0.25) is 11.8 Å². The number of nitrogens with one attached hydrogen (secondary N) is 1. The number of carbonyl (C=O) groups excluding carboxylic acids is 2. The molecule has 1 saturated heterocycles. The molecule has 1 N–H and O–H groups in total. The van der Waals surface area contributed by atoms with Crippen molar-refractivity contribution in [2.45, 2.75) is 26.2 Å². The van der Waals surface area contributed by atoms with Crippen LogP contribution >= 0.6 is 11.6 Å². The van der Waals surface area contributed by atoms with Crippen LogP contribution in [-0.2, 0) is 16.0 Å². The lowest BCUT2D eigenvalue weighted by Crippen LogP contribution is -2.44. The van der Waals surface area contributed by atoms with Gasteiger partial charge in [0.05, 0.1) is 23.0 Å². The summed E-state index contributed by atoms with van der Waals surface area (Å²) in [7, 11) is 0. The van der Waals surface area contributed by atoms with E-state index >= 15 is 0 Å². The largest absolute Gasteiger partial charge is 0.342 e. The van der Waals surface area contributed by atoms with Gasteiger partial charge in [-0.05, 0) is 53.8 Å². The number of halogens is 1. The number of anilines is 1. The molecule has 0 bridgehead atoms. The van der Waals surface area contributed by atoms with Crippen LogP contribution in [0.4, 0.5) is 5.69 Å². The fraction of sp³-hybridized carbons (Fsp3) is 0.280. The molecule has 0 radical (unpaired) electrons. The average molecular weight is 421 g/mol. The van der Waals surface area contributed by atoms with E-state index in [1.54, 1.807) is 0 Å². The maximum atomic E-state index is 13.0. The third-order valence-corrected chi connectivity index (χ3v) is 6.06. The molecule has 4 rings (SSSR count). The van der Waals surface area contributed by atoms with Gasteiger partial charge in [-0.25, -0.2) is 0 Å². The summed E-state index contributed by atoms with van der Waals surface area (Å²) in [6.45, 7) is 3.09. The van der Waals surface area contributed by atoms with Crippen molar-refractivity contribution in [3.8, 4) is 0 Å². The topological polar surface area (TPSA) is 49.4 Å². The second-order valence-electron chi connectivity index (χ2n) is 7.97. The smallest absolute Gasteiger partial charge is 0.229 e. The first-order valence-electron chi connectivity index (χ1n) is 10.3. The number of carbonyl (C=O) groups is 2. The number of hydrogen-bond donors (Lipinski definition) is 1. The highest BCUT2D eigenvalue weighted by atomic mass is 35.5. The third-order valence-electron chi connectivity index (χ3n) is 5.75. The van der Waals surface area contributed by atoms with E-state index in [-0.39, 0.29) is 17.7 Å². The van der Waals surface area contributed by atoms with Crippen molar-refractivity contribution in [2.75, 3.05) is 18.4 Å². The van der Waals surface area contributed by atoms with Gasteiger partial charge < -0.3 is 10.2 Å². The lowest BCUT2D eigenvalue weighted by atomic mass is 9.95. The van der Waals surface area contributed by atoms with Crippen LogP contribution in [0.1, 0.15) is 24.0 Å². The summed E-state index contributed by atoms with van der Waals surface area (Å²) in [5.41, 5.74) is 2.68. The molecule has 1 atom stereocenters. The van der Waals surface area contributed by atoms with Gasteiger partial charge in [-0.3, -0.25) is 9.59 Å². The molecule has 3 aromatic carbocycles. The number of piperidine rings is 1. The maximum absolute atomic E-state index is 13.0. The Hall–Kier alpha value is -2.85. The highest BCUT2D eigenvalue weighted by molar-refractivity contribution is 6.33. The predicted octanol–water partition coefficient (Wildman–Crippen LogP) is 5.22. The fourth-order valence-corrected chi connectivity index (χ4v) is 4.38. The van der Waals surface area contributed by atoms with E-state index in [9.17, 15) is 9.59 Å². The number of aryl methyl sites for hydroxylation is 1. The first-order chi connectivity index (χ1) is 14.5. The lowest BCUT2D eigenvalue weighted by molar-refractivity contribution is -0.133. The molecule has 1 heterocycles. The van der Waals surface area contributed by atoms with Crippen molar-refractivity contribution < 1.29 is 9.59 Å². The molecule has 0 aliphatic carbocycles. The second-order valence-corrected chi connectivity index (χ2v) is 8.37. The summed E-state index contributed by atoms with van der Waals surface area (Å²) >= 11 is 6.25. The highest BCUT2D eigenvalue weighted by Crippen LogP contribution is 2.26. The van der Waals surface area contributed by atoms with Gasteiger partial charge in [-0.1, -0.05) is 60.1 Å². The molecule has 1 aliphatic heterocycles. The van der Waals surface area contributed by atoms with Crippen molar-refractivity contribution >= 4 is 39.9 Å².